The molecule has 2 aromatic carbocycles. The Morgan fingerprint density at radius 3 is 2.55 bits per heavy atom. The molecule has 0 aliphatic carbocycles. The molecule has 1 aromatic heterocycles. The van der Waals surface area contributed by atoms with E-state index in [1.165, 1.54) is 25.2 Å². The van der Waals surface area contributed by atoms with Gasteiger partial charge in [0, 0.05) is 24.7 Å². The maximum Gasteiger partial charge on any atom is 0.451 e. The van der Waals surface area contributed by atoms with Crippen LogP contribution in [-0.4, -0.2) is 44.6 Å². The van der Waals surface area contributed by atoms with Crippen molar-refractivity contribution in [2.24, 2.45) is 12.0 Å². The second-order valence-corrected chi connectivity index (χ2v) is 9.37. The van der Waals surface area contributed by atoms with Gasteiger partial charge in [0.05, 0.1) is 35.7 Å². The van der Waals surface area contributed by atoms with Gasteiger partial charge < -0.3 is 24.6 Å². The minimum Gasteiger partial charge on any atom is -0.490 e. The summed E-state index contributed by atoms with van der Waals surface area (Å²) in [6.07, 6.45) is 1.07. The van der Waals surface area contributed by atoms with Crippen molar-refractivity contribution in [1.82, 2.24) is 9.13 Å². The molecule has 0 bridgehead atoms. The minimum atomic E-state index is -3.35. The highest BCUT2D eigenvalue weighted by Gasteiger charge is 2.26. The van der Waals surface area contributed by atoms with Crippen LogP contribution in [0.4, 0.5) is 20.3 Å². The van der Waals surface area contributed by atoms with Crippen LogP contribution in [0.2, 0.25) is 5.02 Å². The molecule has 0 unspecified atom stereocenters. The van der Waals surface area contributed by atoms with E-state index in [1.54, 1.807) is 30.3 Å². The number of hydrogen-bond acceptors (Lipinski definition) is 8. The van der Waals surface area contributed by atoms with Crippen LogP contribution in [0.25, 0.3) is 0 Å². The number of aliphatic hydroxyl groups is 1. The third-order valence-electron chi connectivity index (χ3n) is 4.98. The number of hydrogen-bond donors (Lipinski definition) is 2. The van der Waals surface area contributed by atoms with E-state index in [-0.39, 0.29) is 43.6 Å². The molecule has 38 heavy (non-hydrogen) atoms. The van der Waals surface area contributed by atoms with Crippen molar-refractivity contribution in [2.45, 2.75) is 17.2 Å². The van der Waals surface area contributed by atoms with Crippen LogP contribution in [0.15, 0.2) is 63.1 Å². The van der Waals surface area contributed by atoms with Crippen molar-refractivity contribution in [3.8, 4) is 11.5 Å². The topological polar surface area (TPSA) is 116 Å². The van der Waals surface area contributed by atoms with Gasteiger partial charge in [-0.2, -0.15) is 8.78 Å². The first kappa shape index (κ1) is 29.4. The lowest BCUT2D eigenvalue weighted by Crippen LogP contribution is -2.40. The number of halogens is 4. The van der Waals surface area contributed by atoms with Crippen LogP contribution in [0, 0.1) is 0 Å². The minimum absolute atomic E-state index is 0.0219. The Kier molecular flexibility index (Phi) is 10.5. The zero-order chi connectivity index (χ0) is 27.7. The lowest BCUT2D eigenvalue weighted by Gasteiger charge is -2.15. The van der Waals surface area contributed by atoms with Crippen LogP contribution in [0.3, 0.4) is 0 Å². The van der Waals surface area contributed by atoms with Crippen molar-refractivity contribution in [1.29, 1.82) is 0 Å². The second-order valence-electron chi connectivity index (χ2n) is 7.68. The fourth-order valence-electron chi connectivity index (χ4n) is 3.26. The van der Waals surface area contributed by atoms with E-state index in [2.05, 4.69) is 15.0 Å². The molecule has 10 nitrogen and oxygen atoms in total. The fraction of sp³-hybridized carbons (Fsp3) is 0.292. The van der Waals surface area contributed by atoms with Gasteiger partial charge in [-0.1, -0.05) is 29.8 Å². The smallest absolute Gasteiger partial charge is 0.451 e. The normalized spacial score (nSPS) is 11.5. The van der Waals surface area contributed by atoms with Crippen LogP contribution < -0.4 is 26.0 Å². The predicted molar refractivity (Wildman–Crippen MR) is 147 cm³/mol. The van der Waals surface area contributed by atoms with Crippen LogP contribution in [-0.2, 0) is 24.9 Å². The van der Waals surface area contributed by atoms with E-state index < -0.39 is 22.0 Å². The molecule has 0 aliphatic rings. The molecule has 0 radical (unpaired) electrons. The average molecular weight is 665 g/mol. The van der Waals surface area contributed by atoms with Crippen molar-refractivity contribution < 1.29 is 28.1 Å². The number of aromatic nitrogens is 2. The van der Waals surface area contributed by atoms with Crippen molar-refractivity contribution in [3.63, 3.8) is 0 Å². The molecule has 0 saturated carbocycles. The van der Waals surface area contributed by atoms with Gasteiger partial charge in [-0.3, -0.25) is 13.9 Å². The molecule has 0 spiro atoms. The molecule has 1 heterocycles. The Hall–Kier alpha value is -3.17. The Labute approximate surface area is 234 Å². The third-order valence-corrected chi connectivity index (χ3v) is 5.46. The Morgan fingerprint density at radius 1 is 1.16 bits per heavy atom. The van der Waals surface area contributed by atoms with Crippen molar-refractivity contribution in [3.05, 3.63) is 80.0 Å². The molecule has 3 aromatic rings. The van der Waals surface area contributed by atoms with Gasteiger partial charge in [-0.15, -0.1) is 0 Å². The monoisotopic (exact) mass is 664 g/mol. The number of benzene rings is 2. The summed E-state index contributed by atoms with van der Waals surface area (Å²) in [7, 11) is 1.44. The van der Waals surface area contributed by atoms with E-state index in [1.807, 2.05) is 0 Å². The predicted octanol–water partition coefficient (Wildman–Crippen LogP) is 3.92. The van der Waals surface area contributed by atoms with Crippen molar-refractivity contribution in [2.75, 3.05) is 25.1 Å². The summed E-state index contributed by atoms with van der Waals surface area (Å²) in [4.78, 5) is 29.8. The highest BCUT2D eigenvalue weighted by atomic mass is 127. The molecule has 3 rings (SSSR count). The van der Waals surface area contributed by atoms with E-state index in [0.29, 0.717) is 10.8 Å². The van der Waals surface area contributed by atoms with Crippen LogP contribution in [0.5, 0.6) is 11.5 Å². The molecule has 0 saturated heterocycles. The maximum atomic E-state index is 13.0. The van der Waals surface area contributed by atoms with E-state index >= 15 is 0 Å². The standard InChI is InChI=1S/C24H24ClF2IN4O6/c1-31-21(30-15-36-11-12-37-18-3-2-4-19(13-18)38-24(26,27)28)20(22(34)32(9-10-33)23(31)35)29-14-16-5-7-17(25)8-6-16/h2-8,13,15,29,33H,9-12,14H2,1H3/b30-15+. The number of aliphatic hydroxyl groups excluding tert-OH is 1. The van der Waals surface area contributed by atoms with E-state index in [0.717, 1.165) is 43.7 Å². The lowest BCUT2D eigenvalue weighted by atomic mass is 10.2. The van der Waals surface area contributed by atoms with Gasteiger partial charge in [-0.05, 0) is 29.8 Å². The Morgan fingerprint density at radius 2 is 1.87 bits per heavy atom. The largest absolute Gasteiger partial charge is 0.490 e. The molecule has 14 heteroatoms. The summed E-state index contributed by atoms with van der Waals surface area (Å²) in [5.74, 6) is 0.265. The van der Waals surface area contributed by atoms with Gasteiger partial charge in [0.1, 0.15) is 30.4 Å². The summed E-state index contributed by atoms with van der Waals surface area (Å²) < 4.78 is 40.0. The summed E-state index contributed by atoms with van der Waals surface area (Å²) in [5, 5.41) is 12.8. The molecular weight excluding hydrogens is 641 g/mol. The number of ether oxygens (including phenoxy) is 3. The molecule has 0 atom stereocenters. The number of rotatable bonds is 13. The highest BCUT2D eigenvalue weighted by molar-refractivity contribution is 14.1. The molecule has 204 valence electrons. The van der Waals surface area contributed by atoms with Gasteiger partial charge >= 0.3 is 9.81 Å². The second kappa shape index (κ2) is 13.6. The first-order chi connectivity index (χ1) is 18.1. The molecule has 0 aliphatic heterocycles. The van der Waals surface area contributed by atoms with Gasteiger partial charge in [-0.25, -0.2) is 9.79 Å². The van der Waals surface area contributed by atoms with Crippen molar-refractivity contribution >= 4 is 52.1 Å². The first-order valence-electron chi connectivity index (χ1n) is 11.1. The highest BCUT2D eigenvalue weighted by Crippen LogP contribution is 2.29. The van der Waals surface area contributed by atoms with E-state index in [4.69, 9.17) is 21.1 Å². The number of alkyl halides is 3. The van der Waals surface area contributed by atoms with Gasteiger partial charge in [0.2, 0.25) is 0 Å². The number of aliphatic imine (C=N–C) groups is 1. The first-order valence-corrected chi connectivity index (χ1v) is 12.6. The van der Waals surface area contributed by atoms with Crippen LogP contribution >= 0.6 is 34.2 Å². The summed E-state index contributed by atoms with van der Waals surface area (Å²) in [5.41, 5.74) is -0.437. The molecular formula is C24H24ClF2IN4O6. The number of nitrogens with one attached hydrogen (secondary N) is 1. The maximum absolute atomic E-state index is 13.0. The quantitative estimate of drug-likeness (QED) is 0.0936. The molecule has 2 N–H and O–H groups in total. The average Bonchev–Trinajstić information content (AvgIpc) is 2.86. The molecule has 0 fully saturated rings. The zero-order valence-electron chi connectivity index (χ0n) is 20.1. The molecule has 0 amide bonds. The Bertz CT molecular complexity index is 1380. The number of anilines is 1. The third kappa shape index (κ3) is 8.43. The van der Waals surface area contributed by atoms with Gasteiger partial charge in [0.15, 0.2) is 12.2 Å². The van der Waals surface area contributed by atoms with Crippen LogP contribution in [0.1, 0.15) is 5.56 Å². The lowest BCUT2D eigenvalue weighted by molar-refractivity contribution is -0.0692. The Balaban J connectivity index is 1.69. The van der Waals surface area contributed by atoms with E-state index in [9.17, 15) is 23.5 Å². The summed E-state index contributed by atoms with van der Waals surface area (Å²) in [6, 6.07) is 12.8. The van der Waals surface area contributed by atoms with Gasteiger partial charge in [0.25, 0.3) is 5.56 Å². The summed E-state index contributed by atoms with van der Waals surface area (Å²) >= 11 is 6.79. The summed E-state index contributed by atoms with van der Waals surface area (Å²) in [6.45, 7) is -0.254. The number of nitrogens with zero attached hydrogens (tertiary/aromatic N) is 3. The zero-order valence-corrected chi connectivity index (χ0v) is 23.0. The fourth-order valence-corrected chi connectivity index (χ4v) is 3.64. The SMILES string of the molecule is Cn1c(/N=C/OCCOc2cccc(OC(F)(F)I)c2)c(NCc2ccc(Cl)cc2)c(=O)n(CCO)c1=O.